The number of carbonyl (C=O) groups is 2. The van der Waals surface area contributed by atoms with Gasteiger partial charge in [0.1, 0.15) is 0 Å². The fourth-order valence-electron chi connectivity index (χ4n) is 4.02. The maximum absolute atomic E-state index is 12.2. The normalized spacial score (nSPS) is 11.6. The number of amides is 1. The Morgan fingerprint density at radius 1 is 0.944 bits per heavy atom. The van der Waals surface area contributed by atoms with Gasteiger partial charge in [-0.15, -0.1) is 0 Å². The first-order valence-corrected chi connectivity index (χ1v) is 12.1. The summed E-state index contributed by atoms with van der Waals surface area (Å²) < 4.78 is 1.87. The Hall–Kier alpha value is -4.39. The molecule has 7 heteroatoms. The fourth-order valence-corrected chi connectivity index (χ4v) is 4.02. The molecular weight excluding hydrogens is 452 g/mol. The molecule has 0 aliphatic carbocycles. The lowest BCUT2D eigenvalue weighted by molar-refractivity contribution is -0.136. The van der Waals surface area contributed by atoms with Gasteiger partial charge in [0.05, 0.1) is 24.3 Å². The number of benzene rings is 3. The summed E-state index contributed by atoms with van der Waals surface area (Å²) in [6, 6.07) is 25.9. The van der Waals surface area contributed by atoms with E-state index in [1.165, 1.54) is 0 Å². The van der Waals surface area contributed by atoms with Crippen molar-refractivity contribution in [2.24, 2.45) is 0 Å². The summed E-state index contributed by atoms with van der Waals surface area (Å²) in [4.78, 5) is 22.9. The smallest absolute Gasteiger partial charge is 0.305 e. The van der Waals surface area contributed by atoms with Crippen LogP contribution < -0.4 is 10.6 Å². The summed E-state index contributed by atoms with van der Waals surface area (Å²) in [5.41, 5.74) is 5.78. The number of anilines is 1. The van der Waals surface area contributed by atoms with E-state index in [9.17, 15) is 9.59 Å². The summed E-state index contributed by atoms with van der Waals surface area (Å²) in [5, 5.41) is 19.5. The maximum atomic E-state index is 12.2. The molecule has 1 heterocycles. The Morgan fingerprint density at radius 3 is 2.33 bits per heavy atom. The Labute approximate surface area is 210 Å². The maximum Gasteiger partial charge on any atom is 0.305 e. The average Bonchev–Trinajstić information content (AvgIpc) is 3.40. The molecule has 0 bridgehead atoms. The number of nitrogens with zero attached hydrogens (tertiary/aromatic N) is 2. The minimum Gasteiger partial charge on any atom is -0.481 e. The fraction of sp³-hybridized carbons (Fsp3) is 0.207. The summed E-state index contributed by atoms with van der Waals surface area (Å²) in [6.07, 6.45) is 5.74. The third-order valence-electron chi connectivity index (χ3n) is 5.94. The topological polar surface area (TPSA) is 96.3 Å². The third-order valence-corrected chi connectivity index (χ3v) is 5.94. The zero-order chi connectivity index (χ0) is 25.3. The molecule has 0 aliphatic rings. The highest BCUT2D eigenvalue weighted by Gasteiger charge is 2.13. The van der Waals surface area contributed by atoms with Crippen LogP contribution in [0.1, 0.15) is 48.1 Å². The molecule has 1 aromatic heterocycles. The standard InChI is InChI=1S/C29H30N4O3/c1-2-6-27(22-9-11-23(12-10-22)29(36)30-18-17-28(34)35)32-25-13-15-26(16-14-25)33-20-24(19-31-33)21-7-4-3-5-8-21/h3-5,7-16,19-20,27,32H,2,6,17-18H2,1H3,(H,30,36)(H,34,35)/t27-/m0/s1. The van der Waals surface area contributed by atoms with E-state index >= 15 is 0 Å². The molecule has 3 aromatic carbocycles. The van der Waals surface area contributed by atoms with Gasteiger partial charge in [0.25, 0.3) is 5.91 Å². The van der Waals surface area contributed by atoms with Crippen molar-refractivity contribution in [2.75, 3.05) is 11.9 Å². The van der Waals surface area contributed by atoms with Crippen molar-refractivity contribution >= 4 is 17.6 Å². The molecule has 0 saturated heterocycles. The van der Waals surface area contributed by atoms with Gasteiger partial charge in [0, 0.05) is 29.6 Å². The van der Waals surface area contributed by atoms with Crippen LogP contribution in [0.5, 0.6) is 0 Å². The van der Waals surface area contributed by atoms with Crippen LogP contribution in [0.4, 0.5) is 5.69 Å². The molecule has 0 radical (unpaired) electrons. The lowest BCUT2D eigenvalue weighted by Crippen LogP contribution is -2.26. The van der Waals surface area contributed by atoms with Crippen molar-refractivity contribution in [1.82, 2.24) is 15.1 Å². The second kappa shape index (κ2) is 11.8. The average molecular weight is 483 g/mol. The molecule has 0 spiro atoms. The minimum absolute atomic E-state index is 0.0966. The van der Waals surface area contributed by atoms with Gasteiger partial charge in [0.2, 0.25) is 0 Å². The molecule has 4 rings (SSSR count). The Bertz CT molecular complexity index is 1280. The third kappa shape index (κ3) is 6.39. The molecular formula is C29H30N4O3. The van der Waals surface area contributed by atoms with Crippen molar-refractivity contribution in [3.05, 3.63) is 102 Å². The number of hydrogen-bond acceptors (Lipinski definition) is 4. The monoisotopic (exact) mass is 482 g/mol. The molecule has 0 aliphatic heterocycles. The minimum atomic E-state index is -0.936. The zero-order valence-electron chi connectivity index (χ0n) is 20.2. The molecule has 3 N–H and O–H groups in total. The van der Waals surface area contributed by atoms with E-state index in [-0.39, 0.29) is 24.9 Å². The van der Waals surface area contributed by atoms with E-state index < -0.39 is 5.97 Å². The summed E-state index contributed by atoms with van der Waals surface area (Å²) in [6.45, 7) is 2.25. The van der Waals surface area contributed by atoms with Gasteiger partial charge in [-0.3, -0.25) is 9.59 Å². The molecule has 0 saturated carbocycles. The highest BCUT2D eigenvalue weighted by atomic mass is 16.4. The molecule has 0 fully saturated rings. The van der Waals surface area contributed by atoms with Crippen LogP contribution in [-0.4, -0.2) is 33.3 Å². The van der Waals surface area contributed by atoms with Crippen LogP contribution in [0, 0.1) is 0 Å². The number of hydrogen-bond donors (Lipinski definition) is 3. The molecule has 1 amide bonds. The lowest BCUT2D eigenvalue weighted by atomic mass is 10.00. The SMILES string of the molecule is CCC[C@H](Nc1ccc(-n2cc(-c3ccccc3)cn2)cc1)c1ccc(C(=O)NCCC(=O)O)cc1. The predicted octanol–water partition coefficient (Wildman–Crippen LogP) is 5.70. The van der Waals surface area contributed by atoms with Crippen molar-refractivity contribution < 1.29 is 14.7 Å². The summed E-state index contributed by atoms with van der Waals surface area (Å²) in [7, 11) is 0. The summed E-state index contributed by atoms with van der Waals surface area (Å²) >= 11 is 0. The van der Waals surface area contributed by atoms with Gasteiger partial charge >= 0.3 is 5.97 Å². The molecule has 36 heavy (non-hydrogen) atoms. The van der Waals surface area contributed by atoms with Crippen molar-refractivity contribution in [2.45, 2.75) is 32.2 Å². The molecule has 184 valence electrons. The predicted molar refractivity (Wildman–Crippen MR) is 141 cm³/mol. The number of carboxylic acid groups (broad SMARTS) is 1. The summed E-state index contributed by atoms with van der Waals surface area (Å²) in [5.74, 6) is -1.21. The van der Waals surface area contributed by atoms with Gasteiger partial charge in [-0.25, -0.2) is 4.68 Å². The number of carboxylic acids is 1. The highest BCUT2D eigenvalue weighted by Crippen LogP contribution is 2.26. The van der Waals surface area contributed by atoms with Crippen LogP contribution in [0.15, 0.2) is 91.3 Å². The van der Waals surface area contributed by atoms with E-state index in [0.717, 1.165) is 40.9 Å². The van der Waals surface area contributed by atoms with E-state index in [2.05, 4.69) is 34.8 Å². The number of nitrogens with one attached hydrogen (secondary N) is 2. The Balaban J connectivity index is 1.41. The van der Waals surface area contributed by atoms with Gasteiger partial charge < -0.3 is 15.7 Å². The van der Waals surface area contributed by atoms with Crippen molar-refractivity contribution in [3.63, 3.8) is 0 Å². The van der Waals surface area contributed by atoms with Crippen LogP contribution in [0.2, 0.25) is 0 Å². The van der Waals surface area contributed by atoms with E-state index in [0.29, 0.717) is 5.56 Å². The van der Waals surface area contributed by atoms with E-state index in [4.69, 9.17) is 5.11 Å². The highest BCUT2D eigenvalue weighted by molar-refractivity contribution is 5.94. The van der Waals surface area contributed by atoms with Gasteiger partial charge in [-0.2, -0.15) is 5.10 Å². The van der Waals surface area contributed by atoms with Gasteiger partial charge in [-0.05, 0) is 53.9 Å². The number of carbonyl (C=O) groups excluding carboxylic acids is 1. The van der Waals surface area contributed by atoms with Gasteiger partial charge in [0.15, 0.2) is 0 Å². The Kier molecular flexibility index (Phi) is 8.13. The molecule has 1 atom stereocenters. The first kappa shape index (κ1) is 24.7. The van der Waals surface area contributed by atoms with Crippen LogP contribution >= 0.6 is 0 Å². The second-order valence-electron chi connectivity index (χ2n) is 8.59. The largest absolute Gasteiger partial charge is 0.481 e. The van der Waals surface area contributed by atoms with Crippen LogP contribution in [-0.2, 0) is 4.79 Å². The second-order valence-corrected chi connectivity index (χ2v) is 8.59. The number of rotatable bonds is 11. The van der Waals surface area contributed by atoms with Gasteiger partial charge in [-0.1, -0.05) is 55.8 Å². The molecule has 4 aromatic rings. The number of aliphatic carboxylic acids is 1. The molecule has 7 nitrogen and oxygen atoms in total. The quantitative estimate of drug-likeness (QED) is 0.255. The first-order valence-electron chi connectivity index (χ1n) is 12.1. The van der Waals surface area contributed by atoms with E-state index in [1.807, 2.05) is 71.7 Å². The zero-order valence-corrected chi connectivity index (χ0v) is 20.2. The Morgan fingerprint density at radius 2 is 1.67 bits per heavy atom. The van der Waals surface area contributed by atoms with Crippen LogP contribution in [0.3, 0.4) is 0 Å². The molecule has 0 unspecified atom stereocenters. The first-order chi connectivity index (χ1) is 17.5. The van der Waals surface area contributed by atoms with E-state index in [1.54, 1.807) is 12.1 Å². The van der Waals surface area contributed by atoms with Crippen LogP contribution in [0.25, 0.3) is 16.8 Å². The lowest BCUT2D eigenvalue weighted by Gasteiger charge is -2.20. The van der Waals surface area contributed by atoms with Crippen molar-refractivity contribution in [3.8, 4) is 16.8 Å². The number of aromatic nitrogens is 2. The van der Waals surface area contributed by atoms with Crippen molar-refractivity contribution in [1.29, 1.82) is 0 Å².